The summed E-state index contributed by atoms with van der Waals surface area (Å²) >= 11 is 0. The van der Waals surface area contributed by atoms with Gasteiger partial charge in [0.25, 0.3) is 5.91 Å². The van der Waals surface area contributed by atoms with E-state index in [1.165, 1.54) is 0 Å². The quantitative estimate of drug-likeness (QED) is 0.527. The van der Waals surface area contributed by atoms with Crippen molar-refractivity contribution in [2.45, 2.75) is 0 Å². The number of aromatic hydroxyl groups is 1. The van der Waals surface area contributed by atoms with Crippen molar-refractivity contribution in [3.8, 4) is 17.0 Å². The predicted molar refractivity (Wildman–Crippen MR) is 97.6 cm³/mol. The van der Waals surface area contributed by atoms with Crippen molar-refractivity contribution in [2.75, 3.05) is 5.32 Å². The molecule has 0 bridgehead atoms. The molecule has 0 saturated heterocycles. The zero-order valence-electron chi connectivity index (χ0n) is 13.2. The van der Waals surface area contributed by atoms with Gasteiger partial charge in [0, 0.05) is 16.6 Å². The van der Waals surface area contributed by atoms with Crippen LogP contribution in [0.4, 0.5) is 5.69 Å². The van der Waals surface area contributed by atoms with Crippen LogP contribution in [0.1, 0.15) is 10.5 Å². The van der Waals surface area contributed by atoms with Crippen molar-refractivity contribution < 1.29 is 9.90 Å². The van der Waals surface area contributed by atoms with Crippen LogP contribution < -0.4 is 5.32 Å². The van der Waals surface area contributed by atoms with Crippen molar-refractivity contribution >= 4 is 22.4 Å². The third-order valence-corrected chi connectivity index (χ3v) is 4.04. The molecule has 0 atom stereocenters. The number of H-pyrrole nitrogens is 1. The van der Waals surface area contributed by atoms with Gasteiger partial charge in [-0.2, -0.15) is 5.10 Å². The number of phenolic OH excluding ortho intramolecular Hbond substituents is 1. The van der Waals surface area contributed by atoms with Crippen LogP contribution in [0.5, 0.6) is 5.75 Å². The molecule has 0 aliphatic heterocycles. The predicted octanol–water partition coefficient (Wildman–Crippen LogP) is 4.19. The van der Waals surface area contributed by atoms with Gasteiger partial charge < -0.3 is 10.4 Å². The van der Waals surface area contributed by atoms with Gasteiger partial charge in [0.1, 0.15) is 11.4 Å². The number of aromatic nitrogens is 2. The Hall–Kier alpha value is -3.60. The molecule has 0 aliphatic carbocycles. The van der Waals surface area contributed by atoms with E-state index in [9.17, 15) is 9.90 Å². The van der Waals surface area contributed by atoms with Crippen LogP contribution in [0.2, 0.25) is 0 Å². The van der Waals surface area contributed by atoms with E-state index < -0.39 is 0 Å². The van der Waals surface area contributed by atoms with Gasteiger partial charge in [0.15, 0.2) is 0 Å². The molecule has 122 valence electrons. The zero-order chi connectivity index (χ0) is 17.2. The fourth-order valence-electron chi connectivity index (χ4n) is 2.79. The number of carbonyl (C=O) groups excluding carboxylic acids is 1. The first kappa shape index (κ1) is 15.0. The Kier molecular flexibility index (Phi) is 3.67. The Morgan fingerprint density at radius 2 is 1.72 bits per heavy atom. The molecule has 0 spiro atoms. The molecule has 1 aromatic heterocycles. The lowest BCUT2D eigenvalue weighted by molar-refractivity contribution is 0.102. The molecule has 0 saturated carbocycles. The third kappa shape index (κ3) is 2.83. The highest BCUT2D eigenvalue weighted by Gasteiger charge is 2.14. The Balaban J connectivity index is 1.63. The monoisotopic (exact) mass is 329 g/mol. The average Bonchev–Trinajstić information content (AvgIpc) is 3.12. The molecular formula is C20H15N3O2. The fraction of sp³-hybridized carbons (Fsp3) is 0. The Labute approximate surface area is 143 Å². The van der Waals surface area contributed by atoms with Gasteiger partial charge in [-0.05, 0) is 29.7 Å². The van der Waals surface area contributed by atoms with Crippen LogP contribution >= 0.6 is 0 Å². The fourth-order valence-corrected chi connectivity index (χ4v) is 2.79. The summed E-state index contributed by atoms with van der Waals surface area (Å²) in [7, 11) is 0. The number of nitrogens with one attached hydrogen (secondary N) is 2. The molecule has 3 N–H and O–H groups in total. The highest BCUT2D eigenvalue weighted by atomic mass is 16.3. The van der Waals surface area contributed by atoms with Gasteiger partial charge in [0.05, 0.1) is 5.69 Å². The Bertz CT molecular complexity index is 1060. The van der Waals surface area contributed by atoms with Gasteiger partial charge in [-0.15, -0.1) is 0 Å². The molecule has 0 unspecified atom stereocenters. The number of aromatic amines is 1. The molecule has 1 heterocycles. The molecule has 25 heavy (non-hydrogen) atoms. The summed E-state index contributed by atoms with van der Waals surface area (Å²) in [6.07, 6.45) is 0. The first-order valence-electron chi connectivity index (χ1n) is 7.85. The summed E-state index contributed by atoms with van der Waals surface area (Å²) in [5.74, 6) is -0.166. The van der Waals surface area contributed by atoms with Crippen LogP contribution in [-0.4, -0.2) is 21.2 Å². The van der Waals surface area contributed by atoms with Crippen LogP contribution in [0, 0.1) is 0 Å². The van der Waals surface area contributed by atoms with Crippen molar-refractivity contribution in [1.29, 1.82) is 0 Å². The van der Waals surface area contributed by atoms with E-state index in [1.54, 1.807) is 30.3 Å². The molecular weight excluding hydrogens is 314 g/mol. The van der Waals surface area contributed by atoms with Gasteiger partial charge in [-0.25, -0.2) is 0 Å². The topological polar surface area (TPSA) is 78.0 Å². The molecule has 0 radical (unpaired) electrons. The van der Waals surface area contributed by atoms with E-state index in [4.69, 9.17) is 0 Å². The summed E-state index contributed by atoms with van der Waals surface area (Å²) in [4.78, 5) is 12.5. The average molecular weight is 329 g/mol. The molecule has 3 aromatic carbocycles. The summed E-state index contributed by atoms with van der Waals surface area (Å²) < 4.78 is 0. The molecule has 0 fully saturated rings. The maximum absolute atomic E-state index is 12.5. The van der Waals surface area contributed by atoms with Crippen molar-refractivity contribution in [2.24, 2.45) is 0 Å². The Morgan fingerprint density at radius 3 is 2.60 bits per heavy atom. The number of rotatable bonds is 3. The lowest BCUT2D eigenvalue weighted by atomic mass is 10.1. The number of hydrogen-bond donors (Lipinski definition) is 3. The number of phenols is 1. The number of hydrogen-bond acceptors (Lipinski definition) is 3. The molecule has 5 nitrogen and oxygen atoms in total. The van der Waals surface area contributed by atoms with E-state index in [-0.39, 0.29) is 11.7 Å². The number of fused-ring (bicyclic) bond motifs is 1. The first-order chi connectivity index (χ1) is 12.2. The van der Waals surface area contributed by atoms with E-state index in [0.29, 0.717) is 17.0 Å². The van der Waals surface area contributed by atoms with Gasteiger partial charge in [-0.3, -0.25) is 9.89 Å². The zero-order valence-corrected chi connectivity index (χ0v) is 13.2. The first-order valence-corrected chi connectivity index (χ1v) is 7.85. The minimum atomic E-state index is -0.287. The molecule has 4 rings (SSSR count). The van der Waals surface area contributed by atoms with E-state index in [0.717, 1.165) is 16.5 Å². The highest BCUT2D eigenvalue weighted by Crippen LogP contribution is 2.28. The standard InChI is InChI=1S/C20H15N3O2/c24-19-11-4-3-9-15(19)17-12-18(23-22-17)20(25)21-16-10-5-7-13-6-1-2-8-14(13)16/h1-12,24H,(H,21,25)(H,22,23). The number of amides is 1. The minimum absolute atomic E-state index is 0.120. The second kappa shape index (κ2) is 6.13. The van der Waals surface area contributed by atoms with Crippen molar-refractivity contribution in [3.05, 3.63) is 78.5 Å². The summed E-state index contributed by atoms with van der Waals surface area (Å²) in [5, 5.41) is 21.7. The van der Waals surface area contributed by atoms with Crippen LogP contribution in [0.15, 0.2) is 72.8 Å². The second-order valence-corrected chi connectivity index (χ2v) is 5.66. The van der Waals surface area contributed by atoms with Gasteiger partial charge in [0.2, 0.25) is 0 Å². The largest absolute Gasteiger partial charge is 0.507 e. The summed E-state index contributed by atoms with van der Waals surface area (Å²) in [6, 6.07) is 22.1. The molecule has 4 aromatic rings. The van der Waals surface area contributed by atoms with E-state index in [1.807, 2.05) is 42.5 Å². The van der Waals surface area contributed by atoms with E-state index >= 15 is 0 Å². The lowest BCUT2D eigenvalue weighted by Crippen LogP contribution is -2.12. The minimum Gasteiger partial charge on any atom is -0.507 e. The number of para-hydroxylation sites is 1. The second-order valence-electron chi connectivity index (χ2n) is 5.66. The summed E-state index contributed by atoms with van der Waals surface area (Å²) in [6.45, 7) is 0. The van der Waals surface area contributed by atoms with Crippen molar-refractivity contribution in [1.82, 2.24) is 10.2 Å². The van der Waals surface area contributed by atoms with Gasteiger partial charge in [-0.1, -0.05) is 48.5 Å². The molecule has 0 aliphatic rings. The maximum Gasteiger partial charge on any atom is 0.273 e. The number of benzene rings is 3. The van der Waals surface area contributed by atoms with E-state index in [2.05, 4.69) is 15.5 Å². The Morgan fingerprint density at radius 1 is 0.960 bits per heavy atom. The molecule has 1 amide bonds. The maximum atomic E-state index is 12.5. The van der Waals surface area contributed by atoms with Crippen LogP contribution in [0.25, 0.3) is 22.0 Å². The SMILES string of the molecule is O=C(Nc1cccc2ccccc12)c1cc(-c2ccccc2O)n[nH]1. The molecule has 5 heteroatoms. The van der Waals surface area contributed by atoms with Crippen LogP contribution in [-0.2, 0) is 0 Å². The summed E-state index contributed by atoms with van der Waals surface area (Å²) in [5.41, 5.74) is 2.15. The van der Waals surface area contributed by atoms with Crippen LogP contribution in [0.3, 0.4) is 0 Å². The number of anilines is 1. The normalized spacial score (nSPS) is 10.7. The van der Waals surface area contributed by atoms with Gasteiger partial charge >= 0.3 is 0 Å². The lowest BCUT2D eigenvalue weighted by Gasteiger charge is -2.07. The van der Waals surface area contributed by atoms with Crippen molar-refractivity contribution in [3.63, 3.8) is 0 Å². The smallest absolute Gasteiger partial charge is 0.273 e. The highest BCUT2D eigenvalue weighted by molar-refractivity contribution is 6.08. The number of nitrogens with zero attached hydrogens (tertiary/aromatic N) is 1. The third-order valence-electron chi connectivity index (χ3n) is 4.04. The number of carbonyl (C=O) groups is 1.